The van der Waals surface area contributed by atoms with Crippen LogP contribution in [-0.2, 0) is 4.74 Å². The summed E-state index contributed by atoms with van der Waals surface area (Å²) in [5.74, 6) is 0.191. The highest BCUT2D eigenvalue weighted by molar-refractivity contribution is 5.86. The molecule has 1 heterocycles. The van der Waals surface area contributed by atoms with Gasteiger partial charge in [-0.1, -0.05) is 0 Å². The maximum absolute atomic E-state index is 11.2. The predicted molar refractivity (Wildman–Crippen MR) is 63.0 cm³/mol. The van der Waals surface area contributed by atoms with Crippen molar-refractivity contribution in [3.05, 3.63) is 18.1 Å². The molecule has 1 aromatic heterocycles. The number of aliphatic hydroxyl groups is 1. The summed E-state index contributed by atoms with van der Waals surface area (Å²) in [5, 5.41) is 8.78. The molecule has 6 nitrogen and oxygen atoms in total. The first-order chi connectivity index (χ1) is 8.22. The molecule has 17 heavy (non-hydrogen) atoms. The van der Waals surface area contributed by atoms with Crippen LogP contribution in [0.4, 0.5) is 5.82 Å². The van der Waals surface area contributed by atoms with E-state index in [0.29, 0.717) is 18.8 Å². The molecule has 0 aromatic carbocycles. The van der Waals surface area contributed by atoms with Crippen LogP contribution in [0.3, 0.4) is 0 Å². The zero-order valence-electron chi connectivity index (χ0n) is 10.1. The Bertz CT molecular complexity index is 353. The smallest absolute Gasteiger partial charge is 0.358 e. The van der Waals surface area contributed by atoms with Crippen LogP contribution in [0.2, 0.25) is 0 Å². The van der Waals surface area contributed by atoms with Crippen LogP contribution in [0.5, 0.6) is 0 Å². The maximum Gasteiger partial charge on any atom is 0.358 e. The van der Waals surface area contributed by atoms with Crippen LogP contribution < -0.4 is 4.90 Å². The van der Waals surface area contributed by atoms with E-state index in [0.717, 1.165) is 6.54 Å². The average Bonchev–Trinajstić information content (AvgIpc) is 2.39. The van der Waals surface area contributed by atoms with E-state index < -0.39 is 5.97 Å². The maximum atomic E-state index is 11.2. The Hall–Kier alpha value is -1.69. The van der Waals surface area contributed by atoms with E-state index in [1.165, 1.54) is 19.5 Å². The first-order valence-corrected chi connectivity index (χ1v) is 5.49. The van der Waals surface area contributed by atoms with Gasteiger partial charge in [-0.15, -0.1) is 0 Å². The Morgan fingerprint density at radius 3 is 2.71 bits per heavy atom. The summed E-state index contributed by atoms with van der Waals surface area (Å²) >= 11 is 0. The third-order valence-electron chi connectivity index (χ3n) is 2.32. The molecule has 0 amide bonds. The van der Waals surface area contributed by atoms with E-state index in [1.54, 1.807) is 0 Å². The molecule has 0 aliphatic rings. The number of rotatable bonds is 6. The minimum absolute atomic E-state index is 0.143. The summed E-state index contributed by atoms with van der Waals surface area (Å²) in [6, 6.07) is 0. The fourth-order valence-electron chi connectivity index (χ4n) is 1.39. The molecular weight excluding hydrogens is 222 g/mol. The second-order valence-electron chi connectivity index (χ2n) is 3.41. The lowest BCUT2D eigenvalue weighted by molar-refractivity contribution is 0.0593. The van der Waals surface area contributed by atoms with Crippen molar-refractivity contribution in [2.24, 2.45) is 0 Å². The Labute approximate surface area is 100 Å². The molecule has 1 aromatic rings. The highest BCUT2D eigenvalue weighted by Crippen LogP contribution is 2.09. The number of esters is 1. The third kappa shape index (κ3) is 3.67. The van der Waals surface area contributed by atoms with Gasteiger partial charge in [0.1, 0.15) is 5.82 Å². The SMILES string of the molecule is CCN(CCCO)c1cnc(C(=O)OC)cn1. The van der Waals surface area contributed by atoms with E-state index in [2.05, 4.69) is 14.7 Å². The summed E-state index contributed by atoms with van der Waals surface area (Å²) < 4.78 is 4.54. The second-order valence-corrected chi connectivity index (χ2v) is 3.41. The van der Waals surface area contributed by atoms with Crippen LogP contribution in [-0.4, -0.2) is 47.8 Å². The van der Waals surface area contributed by atoms with Crippen molar-refractivity contribution < 1.29 is 14.6 Å². The highest BCUT2D eigenvalue weighted by atomic mass is 16.5. The number of ether oxygens (including phenoxy) is 1. The molecule has 94 valence electrons. The van der Waals surface area contributed by atoms with Gasteiger partial charge in [-0.05, 0) is 13.3 Å². The first-order valence-electron chi connectivity index (χ1n) is 5.49. The minimum Gasteiger partial charge on any atom is -0.464 e. The number of carbonyl (C=O) groups is 1. The van der Waals surface area contributed by atoms with Crippen molar-refractivity contribution >= 4 is 11.8 Å². The molecule has 0 saturated carbocycles. The molecule has 0 saturated heterocycles. The molecular formula is C11H17N3O3. The molecule has 0 aliphatic carbocycles. The molecule has 0 radical (unpaired) electrons. The average molecular weight is 239 g/mol. The van der Waals surface area contributed by atoms with E-state index >= 15 is 0 Å². The van der Waals surface area contributed by atoms with Gasteiger partial charge in [0.05, 0.1) is 19.5 Å². The van der Waals surface area contributed by atoms with Gasteiger partial charge >= 0.3 is 5.97 Å². The van der Waals surface area contributed by atoms with Crippen molar-refractivity contribution in [3.63, 3.8) is 0 Å². The topological polar surface area (TPSA) is 75.5 Å². The van der Waals surface area contributed by atoms with Crippen LogP contribution in [0.1, 0.15) is 23.8 Å². The van der Waals surface area contributed by atoms with E-state index in [9.17, 15) is 4.79 Å². The van der Waals surface area contributed by atoms with Gasteiger partial charge in [0.15, 0.2) is 5.69 Å². The lowest BCUT2D eigenvalue weighted by atomic mass is 10.4. The van der Waals surface area contributed by atoms with Crippen molar-refractivity contribution in [1.82, 2.24) is 9.97 Å². The monoisotopic (exact) mass is 239 g/mol. The van der Waals surface area contributed by atoms with E-state index in [1.807, 2.05) is 11.8 Å². The van der Waals surface area contributed by atoms with E-state index in [-0.39, 0.29) is 12.3 Å². The normalized spacial score (nSPS) is 10.1. The molecule has 0 fully saturated rings. The van der Waals surface area contributed by atoms with Crippen LogP contribution in [0.25, 0.3) is 0 Å². The molecule has 1 rings (SSSR count). The standard InChI is InChI=1S/C11H17N3O3/c1-3-14(5-4-6-15)10-8-12-9(7-13-10)11(16)17-2/h7-8,15H,3-6H2,1-2H3. The molecule has 1 N–H and O–H groups in total. The molecule has 6 heteroatoms. The Balaban J connectivity index is 2.74. The number of anilines is 1. The number of aromatic nitrogens is 2. The quantitative estimate of drug-likeness (QED) is 0.727. The first kappa shape index (κ1) is 13.4. The van der Waals surface area contributed by atoms with Crippen molar-refractivity contribution in [3.8, 4) is 0 Å². The lowest BCUT2D eigenvalue weighted by Crippen LogP contribution is -2.26. The summed E-state index contributed by atoms with van der Waals surface area (Å²) in [6.07, 6.45) is 3.60. The lowest BCUT2D eigenvalue weighted by Gasteiger charge is -2.20. The Kier molecular flexibility index (Phi) is 5.35. The molecule has 0 atom stereocenters. The van der Waals surface area contributed by atoms with Gasteiger partial charge in [-0.3, -0.25) is 0 Å². The fraction of sp³-hybridized carbons (Fsp3) is 0.545. The Morgan fingerprint density at radius 1 is 1.47 bits per heavy atom. The predicted octanol–water partition coefficient (Wildman–Crippen LogP) is 0.472. The summed E-state index contributed by atoms with van der Waals surface area (Å²) in [6.45, 7) is 3.61. The van der Waals surface area contributed by atoms with Gasteiger partial charge in [-0.2, -0.15) is 0 Å². The van der Waals surface area contributed by atoms with Crippen LogP contribution in [0.15, 0.2) is 12.4 Å². The number of nitrogens with zero attached hydrogens (tertiary/aromatic N) is 3. The van der Waals surface area contributed by atoms with Gasteiger partial charge in [0, 0.05) is 19.7 Å². The van der Waals surface area contributed by atoms with Gasteiger partial charge in [0.25, 0.3) is 0 Å². The van der Waals surface area contributed by atoms with Gasteiger partial charge < -0.3 is 14.7 Å². The second kappa shape index (κ2) is 6.80. The van der Waals surface area contributed by atoms with Gasteiger partial charge in [-0.25, -0.2) is 14.8 Å². The zero-order chi connectivity index (χ0) is 12.7. The van der Waals surface area contributed by atoms with Crippen molar-refractivity contribution in [2.45, 2.75) is 13.3 Å². The largest absolute Gasteiger partial charge is 0.464 e. The molecule has 0 unspecified atom stereocenters. The fourth-order valence-corrected chi connectivity index (χ4v) is 1.39. The van der Waals surface area contributed by atoms with Crippen molar-refractivity contribution in [1.29, 1.82) is 0 Å². The number of aliphatic hydroxyl groups excluding tert-OH is 1. The number of hydrogen-bond acceptors (Lipinski definition) is 6. The van der Waals surface area contributed by atoms with Crippen LogP contribution >= 0.6 is 0 Å². The van der Waals surface area contributed by atoms with Gasteiger partial charge in [0.2, 0.25) is 0 Å². The van der Waals surface area contributed by atoms with Crippen molar-refractivity contribution in [2.75, 3.05) is 31.7 Å². The zero-order valence-corrected chi connectivity index (χ0v) is 10.1. The third-order valence-corrected chi connectivity index (χ3v) is 2.32. The minimum atomic E-state index is -0.498. The summed E-state index contributed by atoms with van der Waals surface area (Å²) in [7, 11) is 1.30. The number of carbonyl (C=O) groups excluding carboxylic acids is 1. The number of methoxy groups -OCH3 is 1. The Morgan fingerprint density at radius 2 is 2.24 bits per heavy atom. The molecule has 0 spiro atoms. The highest BCUT2D eigenvalue weighted by Gasteiger charge is 2.10. The van der Waals surface area contributed by atoms with E-state index in [4.69, 9.17) is 5.11 Å². The molecule has 0 bridgehead atoms. The molecule has 0 aliphatic heterocycles. The summed E-state index contributed by atoms with van der Waals surface area (Å²) in [5.41, 5.74) is 0.189. The van der Waals surface area contributed by atoms with Crippen LogP contribution in [0, 0.1) is 0 Å². The number of hydrogen-bond donors (Lipinski definition) is 1. The summed E-state index contributed by atoms with van der Waals surface area (Å²) in [4.78, 5) is 21.3.